The summed E-state index contributed by atoms with van der Waals surface area (Å²) in [6.07, 6.45) is 5.34. The number of hydrogen-bond acceptors (Lipinski definition) is 3. The maximum atomic E-state index is 12.8. The lowest BCUT2D eigenvalue weighted by molar-refractivity contribution is -0.121. The van der Waals surface area contributed by atoms with Crippen molar-refractivity contribution in [1.29, 1.82) is 0 Å². The van der Waals surface area contributed by atoms with Gasteiger partial charge < -0.3 is 10.6 Å². The topological polar surface area (TPSA) is 41.1 Å². The summed E-state index contributed by atoms with van der Waals surface area (Å²) in [7, 11) is 0. The van der Waals surface area contributed by atoms with Crippen molar-refractivity contribution >= 4 is 17.7 Å². The predicted molar refractivity (Wildman–Crippen MR) is 170 cm³/mol. The second-order valence-corrected chi connectivity index (χ2v) is 9.61. The van der Waals surface area contributed by atoms with Gasteiger partial charge in [0.2, 0.25) is 5.91 Å². The molecule has 2 N–H and O–H groups in total. The van der Waals surface area contributed by atoms with Gasteiger partial charge in [-0.05, 0) is 61.8 Å². The van der Waals surface area contributed by atoms with Crippen molar-refractivity contribution in [3.05, 3.63) is 70.2 Å². The summed E-state index contributed by atoms with van der Waals surface area (Å²) in [5, 5.41) is 5.81. The van der Waals surface area contributed by atoms with Crippen molar-refractivity contribution in [2.75, 3.05) is 19.3 Å². The van der Waals surface area contributed by atoms with Crippen molar-refractivity contribution in [2.45, 2.75) is 106 Å². The molecule has 0 heterocycles. The Hall–Kier alpha value is -2.20. The van der Waals surface area contributed by atoms with Gasteiger partial charge in [0, 0.05) is 41.6 Å². The van der Waals surface area contributed by atoms with E-state index in [1.165, 1.54) is 11.3 Å². The Balaban J connectivity index is -0.00000199. The molecule has 1 atom stereocenters. The summed E-state index contributed by atoms with van der Waals surface area (Å²) in [6, 6.07) is 0.0265. The Morgan fingerprint density at radius 2 is 1.57 bits per heavy atom. The molecule has 244 valence electrons. The van der Waals surface area contributed by atoms with Crippen LogP contribution >= 0.6 is 11.8 Å². The minimum absolute atomic E-state index is 0.0265. The third kappa shape index (κ3) is 22.4. The Labute approximate surface area is 254 Å². The van der Waals surface area contributed by atoms with Crippen LogP contribution in [0.5, 0.6) is 0 Å². The normalized spacial score (nSPS) is 14.4. The van der Waals surface area contributed by atoms with E-state index in [9.17, 15) is 31.1 Å². The van der Waals surface area contributed by atoms with Crippen molar-refractivity contribution in [2.24, 2.45) is 0 Å². The van der Waals surface area contributed by atoms with Crippen molar-refractivity contribution in [1.82, 2.24) is 10.6 Å². The number of alkyl halides is 6. The van der Waals surface area contributed by atoms with Gasteiger partial charge in [-0.25, -0.2) is 0 Å². The van der Waals surface area contributed by atoms with Crippen LogP contribution in [0.1, 0.15) is 87.5 Å². The Morgan fingerprint density at radius 1 is 1.00 bits per heavy atom. The molecule has 1 unspecified atom stereocenters. The number of carbonyl (C=O) groups is 1. The molecule has 0 spiro atoms. The molecule has 0 bridgehead atoms. The van der Waals surface area contributed by atoms with Gasteiger partial charge >= 0.3 is 12.4 Å². The summed E-state index contributed by atoms with van der Waals surface area (Å²) in [6.45, 7) is 18.0. The highest BCUT2D eigenvalue weighted by Crippen LogP contribution is 2.29. The van der Waals surface area contributed by atoms with Gasteiger partial charge in [0.05, 0.1) is 0 Å². The molecule has 0 radical (unpaired) electrons. The molecular weight excluding hydrogens is 574 g/mol. The first-order valence-corrected chi connectivity index (χ1v) is 15.7. The lowest BCUT2D eigenvalue weighted by Crippen LogP contribution is -2.33. The zero-order chi connectivity index (χ0) is 33.4. The number of halogens is 6. The number of rotatable bonds is 12. The largest absolute Gasteiger partial charge is 0.415 e. The van der Waals surface area contributed by atoms with Gasteiger partial charge in [-0.1, -0.05) is 79.7 Å². The van der Waals surface area contributed by atoms with E-state index >= 15 is 0 Å². The number of amides is 1. The molecule has 0 saturated heterocycles. The molecule has 42 heavy (non-hydrogen) atoms. The molecule has 0 aromatic rings. The molecule has 0 saturated carbocycles. The van der Waals surface area contributed by atoms with E-state index in [2.05, 4.69) is 43.2 Å². The molecule has 1 rings (SSSR count). The van der Waals surface area contributed by atoms with Crippen LogP contribution in [0.4, 0.5) is 26.3 Å². The Morgan fingerprint density at radius 3 is 2.05 bits per heavy atom. The fourth-order valence-corrected chi connectivity index (χ4v) is 3.52. The first-order valence-electron chi connectivity index (χ1n) is 14.5. The molecule has 0 fully saturated rings. The lowest BCUT2D eigenvalue weighted by atomic mass is 10.1. The fourth-order valence-electron chi connectivity index (χ4n) is 3.05. The van der Waals surface area contributed by atoms with E-state index < -0.39 is 36.0 Å². The molecule has 10 heteroatoms. The quantitative estimate of drug-likeness (QED) is 0.167. The highest BCUT2D eigenvalue weighted by Gasteiger charge is 2.32. The van der Waals surface area contributed by atoms with Gasteiger partial charge in [0.15, 0.2) is 0 Å². The van der Waals surface area contributed by atoms with E-state index in [-0.39, 0.29) is 18.0 Å². The van der Waals surface area contributed by atoms with Gasteiger partial charge in [-0.3, -0.25) is 4.79 Å². The van der Waals surface area contributed by atoms with Crippen LogP contribution < -0.4 is 10.6 Å². The van der Waals surface area contributed by atoms with Crippen LogP contribution in [0.15, 0.2) is 70.2 Å². The van der Waals surface area contributed by atoms with E-state index in [4.69, 9.17) is 0 Å². The average molecular weight is 627 g/mol. The molecule has 0 aromatic heterocycles. The number of nitrogens with one attached hydrogen (secondary N) is 2. The Kier molecular flexibility index (Phi) is 26.7. The summed E-state index contributed by atoms with van der Waals surface area (Å²) in [5.41, 5.74) is -1.60. The molecule has 1 amide bonds. The number of allylic oxidation sites excluding steroid dienone is 6. The monoisotopic (exact) mass is 626 g/mol. The molecule has 0 aliphatic heterocycles. The summed E-state index contributed by atoms with van der Waals surface area (Å²) in [5.74, 6) is -0.464. The van der Waals surface area contributed by atoms with E-state index in [0.717, 1.165) is 25.3 Å². The molecular formula is C32H52F6N2OS. The van der Waals surface area contributed by atoms with Crippen LogP contribution in [-0.4, -0.2) is 43.6 Å². The zero-order valence-corrected chi connectivity index (χ0v) is 27.6. The second-order valence-electron chi connectivity index (χ2n) is 8.73. The van der Waals surface area contributed by atoms with Crippen molar-refractivity contribution < 1.29 is 31.1 Å². The zero-order valence-electron chi connectivity index (χ0n) is 26.8. The molecule has 1 aliphatic rings. The van der Waals surface area contributed by atoms with Gasteiger partial charge in [-0.2, -0.15) is 26.3 Å². The van der Waals surface area contributed by atoms with Gasteiger partial charge in [0.1, 0.15) is 0 Å². The highest BCUT2D eigenvalue weighted by atomic mass is 32.2. The number of carbonyl (C=O) groups excluding carboxylic acids is 1. The summed E-state index contributed by atoms with van der Waals surface area (Å²) < 4.78 is 77.0. The third-order valence-electron chi connectivity index (χ3n) is 5.27. The van der Waals surface area contributed by atoms with Gasteiger partial charge in [-0.15, -0.1) is 11.8 Å². The standard InChI is InChI=1S/C25H32F6N2OS.C3H8.2C2H6/c1-5-21(32-15-19-7-6-8-22(35-4)11-9-19)10-12-23(34)33-16-20(13-17(2)24(26,27)28)14-18(3)25(29,30)31;1-3-2;2*1-2/h7-9,11,13-14,21,32H,2,5-6,10,12,15-16H2,1,3-4H3,(H,33,34);3H2,1-2H3;2*1-2H3/b18-14+,20-13+;;;. The maximum Gasteiger partial charge on any atom is 0.415 e. The van der Waals surface area contributed by atoms with Crippen molar-refractivity contribution in [3.8, 4) is 0 Å². The third-order valence-corrected chi connectivity index (χ3v) is 6.04. The Bertz CT molecular complexity index is 913. The minimum atomic E-state index is -4.79. The SMILES string of the molecule is C=C(/C=C(\C=C(/C)C(F)(F)F)CNC(=O)CCC(CC)NCC1=CCC=C(SC)C=C1)C(F)(F)F.CC.CC.CCC. The van der Waals surface area contributed by atoms with Crippen LogP contribution in [0.3, 0.4) is 0 Å². The number of thioether (sulfide) groups is 1. The second kappa shape index (κ2) is 25.3. The first kappa shape index (κ1) is 44.2. The van der Waals surface area contributed by atoms with E-state index in [1.54, 1.807) is 11.8 Å². The van der Waals surface area contributed by atoms with Crippen molar-refractivity contribution in [3.63, 3.8) is 0 Å². The van der Waals surface area contributed by atoms with Crippen LogP contribution in [0, 0.1) is 0 Å². The summed E-state index contributed by atoms with van der Waals surface area (Å²) >= 11 is 1.67. The molecule has 1 aliphatic carbocycles. The smallest absolute Gasteiger partial charge is 0.352 e. The maximum absolute atomic E-state index is 12.8. The fraction of sp³-hybridized carbons (Fsp3) is 0.594. The first-order chi connectivity index (χ1) is 19.7. The minimum Gasteiger partial charge on any atom is -0.352 e. The lowest BCUT2D eigenvalue weighted by Gasteiger charge is -2.17. The highest BCUT2D eigenvalue weighted by molar-refractivity contribution is 8.02. The van der Waals surface area contributed by atoms with E-state index in [0.29, 0.717) is 25.1 Å². The predicted octanol–water partition coefficient (Wildman–Crippen LogP) is 10.4. The average Bonchev–Trinajstić information content (AvgIpc) is 3.18. The molecule has 0 aromatic carbocycles. The molecule has 3 nitrogen and oxygen atoms in total. The van der Waals surface area contributed by atoms with E-state index in [1.807, 2.05) is 53.0 Å². The van der Waals surface area contributed by atoms with Crippen LogP contribution in [-0.2, 0) is 4.79 Å². The van der Waals surface area contributed by atoms with Crippen LogP contribution in [0.25, 0.3) is 0 Å². The number of hydrogen-bond donors (Lipinski definition) is 2. The summed E-state index contributed by atoms with van der Waals surface area (Å²) in [4.78, 5) is 13.5. The van der Waals surface area contributed by atoms with Crippen LogP contribution in [0.2, 0.25) is 0 Å². The van der Waals surface area contributed by atoms with Gasteiger partial charge in [0.25, 0.3) is 0 Å².